The zero-order chi connectivity index (χ0) is 26.1. The number of methoxy groups -OCH3 is 1. The maximum Gasteiger partial charge on any atom is 0.494 e. The van der Waals surface area contributed by atoms with Gasteiger partial charge >= 0.3 is 44.0 Å². The highest BCUT2D eigenvalue weighted by Crippen LogP contribution is 2.30. The van der Waals surface area contributed by atoms with Crippen LogP contribution in [0.3, 0.4) is 0 Å². The van der Waals surface area contributed by atoms with Gasteiger partial charge in [0.15, 0.2) is 44.4 Å². The molecule has 18 heteroatoms. The van der Waals surface area contributed by atoms with Crippen LogP contribution >= 0.6 is 26.1 Å². The van der Waals surface area contributed by atoms with Gasteiger partial charge in [0, 0.05) is 13.7 Å². The third-order valence-corrected chi connectivity index (χ3v) is 5.08. The predicted octanol–water partition coefficient (Wildman–Crippen LogP) is 0.777. The van der Waals surface area contributed by atoms with Gasteiger partial charge in [-0.1, -0.05) is 13.3 Å². The number of carbonyl (C=O) groups is 3. The number of carbonyl (C=O) groups excluding carboxylic acids is 3. The second kappa shape index (κ2) is 18.7. The summed E-state index contributed by atoms with van der Waals surface area (Å²) in [7, 11) is -2.49. The summed E-state index contributed by atoms with van der Waals surface area (Å²) in [5, 5.41) is 0. The topological polar surface area (TPSA) is 185 Å². The number of unbranched alkanes of at least 4 members (excludes halogenated alkanes) is 1. The minimum absolute atomic E-state index is 0.129. The molecule has 1 aliphatic rings. The Bertz CT molecular complexity index is 708. The fourth-order valence-electron chi connectivity index (χ4n) is 2.87. The van der Waals surface area contributed by atoms with Gasteiger partial charge in [0.2, 0.25) is 0 Å². The van der Waals surface area contributed by atoms with Gasteiger partial charge in [-0.3, -0.25) is 0 Å². The van der Waals surface area contributed by atoms with Crippen LogP contribution in [0.5, 0.6) is 0 Å². The van der Waals surface area contributed by atoms with Crippen molar-refractivity contribution in [2.45, 2.75) is 50.5 Å². The molecule has 3 unspecified atom stereocenters. The summed E-state index contributed by atoms with van der Waals surface area (Å²) in [4.78, 5) is 36.7. The van der Waals surface area contributed by atoms with Crippen molar-refractivity contribution in [3.05, 3.63) is 0 Å². The number of hydrogen-bond acceptors (Lipinski definition) is 15. The first kappa shape index (κ1) is 31.5. The van der Waals surface area contributed by atoms with Crippen molar-refractivity contribution in [2.24, 2.45) is 0 Å². The Morgan fingerprint density at radius 2 is 1.26 bits per heavy atom. The molecule has 0 saturated carbocycles. The molecule has 0 aromatic carbocycles. The van der Waals surface area contributed by atoms with E-state index in [0.29, 0.717) is 6.61 Å². The summed E-state index contributed by atoms with van der Waals surface area (Å²) in [6.07, 6.45) is -5.22. The summed E-state index contributed by atoms with van der Waals surface area (Å²) >= 11 is 0. The molecule has 0 amide bonds. The minimum atomic E-state index is -1.52. The molecule has 0 bridgehead atoms. The first-order valence-corrected chi connectivity index (χ1v) is 12.7. The largest absolute Gasteiger partial charge is 0.494 e. The molecule has 1 heterocycles. The molecule has 0 aromatic heterocycles. The van der Waals surface area contributed by atoms with Crippen LogP contribution in [0.2, 0.25) is 0 Å². The van der Waals surface area contributed by atoms with Crippen LogP contribution in [-0.4, -0.2) is 88.8 Å². The average molecular weight is 565 g/mol. The molecule has 8 atom stereocenters. The lowest BCUT2D eigenvalue weighted by atomic mass is 9.98. The van der Waals surface area contributed by atoms with E-state index in [4.69, 9.17) is 28.4 Å². The van der Waals surface area contributed by atoms with Crippen LogP contribution in [-0.2, 0) is 70.1 Å². The molecule has 0 spiro atoms. The zero-order valence-electron chi connectivity index (χ0n) is 19.0. The van der Waals surface area contributed by atoms with E-state index in [1.54, 1.807) is 0 Å². The lowest BCUT2D eigenvalue weighted by Gasteiger charge is -2.43. The minimum Gasteiger partial charge on any atom is -0.454 e. The van der Waals surface area contributed by atoms with Gasteiger partial charge in [-0.25, -0.2) is 14.4 Å². The van der Waals surface area contributed by atoms with Crippen LogP contribution < -0.4 is 0 Å². The van der Waals surface area contributed by atoms with E-state index < -0.39 is 94.5 Å². The van der Waals surface area contributed by atoms with E-state index in [-0.39, 0.29) is 6.61 Å². The fraction of sp³-hybridized carbons (Fsp3) is 0.824. The normalized spacial score (nSPS) is 24.3. The molecule has 0 aromatic rings. The maximum absolute atomic E-state index is 12.3. The molecule has 1 aliphatic heterocycles. The maximum atomic E-state index is 12.3. The highest BCUT2D eigenvalue weighted by molar-refractivity contribution is 7.17. The van der Waals surface area contributed by atoms with Crippen molar-refractivity contribution >= 4 is 44.0 Å². The third-order valence-electron chi connectivity index (χ3n) is 4.30. The van der Waals surface area contributed by atoms with Gasteiger partial charge in [-0.15, -0.1) is 13.6 Å². The van der Waals surface area contributed by atoms with Crippen LogP contribution in [0, 0.1) is 0 Å². The van der Waals surface area contributed by atoms with Gasteiger partial charge in [0.1, 0.15) is 6.10 Å². The van der Waals surface area contributed by atoms with Crippen LogP contribution in [0.1, 0.15) is 19.8 Å². The fourth-order valence-corrected chi connectivity index (χ4v) is 3.40. The van der Waals surface area contributed by atoms with Crippen molar-refractivity contribution in [2.75, 3.05) is 40.1 Å². The Morgan fingerprint density at radius 3 is 1.71 bits per heavy atom. The Balaban J connectivity index is 3.26. The second-order valence-electron chi connectivity index (χ2n) is 6.69. The molecular formula is C17H28O15P3+3. The molecular weight excluding hydrogens is 537 g/mol. The highest BCUT2D eigenvalue weighted by Gasteiger charge is 2.53. The van der Waals surface area contributed by atoms with Crippen LogP contribution in [0.25, 0.3) is 0 Å². The van der Waals surface area contributed by atoms with Gasteiger partial charge in [0.25, 0.3) is 0 Å². The molecule has 0 radical (unpaired) electrons. The average Bonchev–Trinajstić information content (AvgIpc) is 2.85. The predicted molar refractivity (Wildman–Crippen MR) is 116 cm³/mol. The van der Waals surface area contributed by atoms with Crippen molar-refractivity contribution in [1.82, 2.24) is 0 Å². The zero-order valence-corrected chi connectivity index (χ0v) is 22.0. The van der Waals surface area contributed by atoms with E-state index in [0.717, 1.165) is 12.8 Å². The Morgan fingerprint density at radius 1 is 0.771 bits per heavy atom. The number of hydrogen-bond donors (Lipinski definition) is 0. The number of esters is 3. The second-order valence-corrected chi connectivity index (χ2v) is 8.05. The van der Waals surface area contributed by atoms with E-state index in [9.17, 15) is 28.1 Å². The SMILES string of the molecule is CCCCOC[C@H]1O[C@H](OC)[C@H](OC(=O)CO[PH+]=O)[C@@H](OC(=O)CO[PH+]=O)[C@@H]1OC(=O)CO[PH+]=O. The van der Waals surface area contributed by atoms with Crippen LogP contribution in [0.15, 0.2) is 0 Å². The van der Waals surface area contributed by atoms with Gasteiger partial charge in [-0.05, 0) is 20.1 Å². The summed E-state index contributed by atoms with van der Waals surface area (Å²) < 4.78 is 77.9. The summed E-state index contributed by atoms with van der Waals surface area (Å²) in [5.41, 5.74) is 0. The van der Waals surface area contributed by atoms with Crippen LogP contribution in [0.4, 0.5) is 0 Å². The van der Waals surface area contributed by atoms with Crippen molar-refractivity contribution in [3.8, 4) is 0 Å². The summed E-state index contributed by atoms with van der Waals surface area (Å²) in [6, 6.07) is 0. The molecule has 198 valence electrons. The monoisotopic (exact) mass is 565 g/mol. The van der Waals surface area contributed by atoms with E-state index >= 15 is 0 Å². The van der Waals surface area contributed by atoms with E-state index in [2.05, 4.69) is 13.6 Å². The summed E-state index contributed by atoms with van der Waals surface area (Å²) in [6.45, 7) is 0.0518. The molecule has 1 saturated heterocycles. The molecule has 35 heavy (non-hydrogen) atoms. The molecule has 1 fully saturated rings. The lowest BCUT2D eigenvalue weighted by Crippen LogP contribution is -2.63. The van der Waals surface area contributed by atoms with Gasteiger partial charge in [-0.2, -0.15) is 0 Å². The number of ether oxygens (including phenoxy) is 6. The smallest absolute Gasteiger partial charge is 0.454 e. The molecule has 1 rings (SSSR count). The Hall–Kier alpha value is -1.53. The number of rotatable bonds is 18. The Labute approximate surface area is 205 Å². The standard InChI is InChI=1S/C17H28O15P3/c1-3-4-5-25-6-10-14(30-11(18)7-26-33-21)15(31-12(19)8-27-34-22)16(17(24-2)29-10)32-13(20)9-28-35-23/h10,14-17,33-35H,3-9H2,1-2H3/q+3/t10-,14-,15+,16-,17+/m1/s1. The van der Waals surface area contributed by atoms with Gasteiger partial charge in [0.05, 0.1) is 6.61 Å². The molecule has 0 N–H and O–H groups in total. The van der Waals surface area contributed by atoms with Gasteiger partial charge < -0.3 is 28.4 Å². The summed E-state index contributed by atoms with van der Waals surface area (Å²) in [5.74, 6) is -3.03. The van der Waals surface area contributed by atoms with Crippen molar-refractivity contribution < 1.29 is 70.1 Å². The lowest BCUT2D eigenvalue weighted by molar-refractivity contribution is -0.305. The first-order chi connectivity index (χ1) is 16.9. The van der Waals surface area contributed by atoms with E-state index in [1.165, 1.54) is 7.11 Å². The quantitative estimate of drug-likeness (QED) is 0.0981. The highest BCUT2D eigenvalue weighted by atomic mass is 31.1. The van der Waals surface area contributed by atoms with Crippen molar-refractivity contribution in [3.63, 3.8) is 0 Å². The van der Waals surface area contributed by atoms with E-state index in [1.807, 2.05) is 6.92 Å². The third kappa shape index (κ3) is 11.8. The Kier molecular flexibility index (Phi) is 16.8. The van der Waals surface area contributed by atoms with Crippen molar-refractivity contribution in [1.29, 1.82) is 0 Å². The molecule has 0 aliphatic carbocycles. The first-order valence-electron chi connectivity index (χ1n) is 10.2. The molecule has 15 nitrogen and oxygen atoms in total.